The van der Waals surface area contributed by atoms with Gasteiger partial charge in [0.1, 0.15) is 0 Å². The van der Waals surface area contributed by atoms with Gasteiger partial charge >= 0.3 is 0 Å². The molecule has 0 fully saturated rings. The number of rotatable bonds is 3. The van der Waals surface area contributed by atoms with Crippen molar-refractivity contribution >= 4 is 57.1 Å². The molecule has 4 nitrogen and oxygen atoms in total. The van der Waals surface area contributed by atoms with Gasteiger partial charge in [-0.25, -0.2) is 0 Å². The van der Waals surface area contributed by atoms with Crippen LogP contribution in [0.2, 0.25) is 10.0 Å². The second kappa shape index (κ2) is 6.44. The Morgan fingerprint density at radius 2 is 1.87 bits per heavy atom. The minimum atomic E-state index is -0.139. The number of carbonyl (C=O) groups is 1. The number of hydrogen-bond donors (Lipinski definition) is 2. The molecule has 1 aromatic heterocycles. The van der Waals surface area contributed by atoms with E-state index in [-0.39, 0.29) is 5.91 Å². The smallest absolute Gasteiger partial charge is 0.221 e. The van der Waals surface area contributed by atoms with Gasteiger partial charge in [0.05, 0.1) is 16.2 Å². The summed E-state index contributed by atoms with van der Waals surface area (Å²) in [4.78, 5) is 15.5. The van der Waals surface area contributed by atoms with Crippen LogP contribution in [0.3, 0.4) is 0 Å². The molecule has 0 aliphatic rings. The van der Waals surface area contributed by atoms with Crippen molar-refractivity contribution in [2.75, 3.05) is 10.6 Å². The molecule has 3 rings (SSSR count). The molecular weight excluding hydrogens is 333 g/mol. The number of pyridine rings is 1. The molecule has 0 spiro atoms. The number of halogens is 2. The maximum atomic E-state index is 11.2. The fraction of sp³-hybridized carbons (Fsp3) is 0.0588. The van der Waals surface area contributed by atoms with Crippen LogP contribution in [0.1, 0.15) is 6.92 Å². The second-order valence-electron chi connectivity index (χ2n) is 5.02. The molecule has 0 saturated carbocycles. The Morgan fingerprint density at radius 3 is 2.65 bits per heavy atom. The summed E-state index contributed by atoms with van der Waals surface area (Å²) in [6, 6.07) is 12.6. The van der Waals surface area contributed by atoms with Crippen LogP contribution in [-0.2, 0) is 4.79 Å². The first-order chi connectivity index (χ1) is 11.0. The van der Waals surface area contributed by atoms with Crippen molar-refractivity contribution in [3.05, 3.63) is 58.7 Å². The highest BCUT2D eigenvalue weighted by molar-refractivity contribution is 6.33. The summed E-state index contributed by atoms with van der Waals surface area (Å²) in [7, 11) is 0. The first-order valence-corrected chi connectivity index (χ1v) is 7.67. The molecule has 1 heterocycles. The van der Waals surface area contributed by atoms with Crippen LogP contribution in [0.25, 0.3) is 10.9 Å². The lowest BCUT2D eigenvalue weighted by atomic mass is 10.1. The summed E-state index contributed by atoms with van der Waals surface area (Å²) < 4.78 is 0. The summed E-state index contributed by atoms with van der Waals surface area (Å²) in [6.07, 6.45) is 1.71. The first-order valence-electron chi connectivity index (χ1n) is 6.91. The van der Waals surface area contributed by atoms with Crippen LogP contribution in [-0.4, -0.2) is 10.9 Å². The minimum Gasteiger partial charge on any atom is -0.354 e. The van der Waals surface area contributed by atoms with Gasteiger partial charge in [-0.2, -0.15) is 0 Å². The highest BCUT2D eigenvalue weighted by atomic mass is 35.5. The molecule has 1 amide bonds. The first kappa shape index (κ1) is 15.6. The van der Waals surface area contributed by atoms with E-state index < -0.39 is 0 Å². The zero-order chi connectivity index (χ0) is 16.4. The van der Waals surface area contributed by atoms with Crippen LogP contribution < -0.4 is 10.6 Å². The summed E-state index contributed by atoms with van der Waals surface area (Å²) in [5.74, 6) is -0.139. The number of hydrogen-bond acceptors (Lipinski definition) is 3. The Bertz CT molecular complexity index is 896. The maximum Gasteiger partial charge on any atom is 0.221 e. The molecule has 0 aliphatic carbocycles. The van der Waals surface area contributed by atoms with Gasteiger partial charge < -0.3 is 10.6 Å². The highest BCUT2D eigenvalue weighted by Gasteiger charge is 2.07. The standard InChI is InChI=1S/C17H13Cl2N3O/c1-10(23)21-12-3-4-14(19)17(9-12)22-16-6-7-20-15-5-2-11(18)8-13(15)16/h2-9H,1H3,(H,20,22)(H,21,23). The molecule has 6 heteroatoms. The number of benzene rings is 2. The van der Waals surface area contributed by atoms with Gasteiger partial charge in [0.2, 0.25) is 5.91 Å². The Hall–Kier alpha value is -2.30. The van der Waals surface area contributed by atoms with E-state index in [1.54, 1.807) is 30.5 Å². The molecule has 0 atom stereocenters. The third-order valence-corrected chi connectivity index (χ3v) is 3.82. The number of aromatic nitrogens is 1. The minimum absolute atomic E-state index is 0.139. The summed E-state index contributed by atoms with van der Waals surface area (Å²) in [5, 5.41) is 8.08. The second-order valence-corrected chi connectivity index (χ2v) is 5.86. The summed E-state index contributed by atoms with van der Waals surface area (Å²) in [5.41, 5.74) is 3.01. The van der Waals surface area contributed by atoms with Gasteiger partial charge in [0, 0.05) is 34.9 Å². The number of anilines is 3. The maximum absolute atomic E-state index is 11.2. The lowest BCUT2D eigenvalue weighted by Crippen LogP contribution is -2.06. The monoisotopic (exact) mass is 345 g/mol. The van der Waals surface area contributed by atoms with Crippen LogP contribution in [0.5, 0.6) is 0 Å². The van der Waals surface area contributed by atoms with E-state index in [9.17, 15) is 4.79 Å². The average Bonchev–Trinajstić information content (AvgIpc) is 2.50. The van der Waals surface area contributed by atoms with E-state index in [1.807, 2.05) is 18.2 Å². The summed E-state index contributed by atoms with van der Waals surface area (Å²) in [6.45, 7) is 1.46. The van der Waals surface area contributed by atoms with Gasteiger partial charge in [0.15, 0.2) is 0 Å². The summed E-state index contributed by atoms with van der Waals surface area (Å²) >= 11 is 12.3. The van der Waals surface area contributed by atoms with Crippen molar-refractivity contribution < 1.29 is 4.79 Å². The van der Waals surface area contributed by atoms with E-state index >= 15 is 0 Å². The van der Waals surface area contributed by atoms with Crippen molar-refractivity contribution in [1.82, 2.24) is 4.98 Å². The zero-order valence-electron chi connectivity index (χ0n) is 12.2. The molecule has 0 radical (unpaired) electrons. The van der Waals surface area contributed by atoms with Gasteiger partial charge in [-0.15, -0.1) is 0 Å². The SMILES string of the molecule is CC(=O)Nc1ccc(Cl)c(Nc2ccnc3ccc(Cl)cc23)c1. The van der Waals surface area contributed by atoms with Crippen LogP contribution in [0.15, 0.2) is 48.7 Å². The Balaban J connectivity index is 2.02. The average molecular weight is 346 g/mol. The van der Waals surface area contributed by atoms with Crippen LogP contribution in [0.4, 0.5) is 17.1 Å². The van der Waals surface area contributed by atoms with E-state index in [1.165, 1.54) is 6.92 Å². The molecule has 0 unspecified atom stereocenters. The molecule has 3 aromatic rings. The van der Waals surface area contributed by atoms with Gasteiger partial charge in [-0.3, -0.25) is 9.78 Å². The molecule has 116 valence electrons. The van der Waals surface area contributed by atoms with Gasteiger partial charge in [-0.1, -0.05) is 23.2 Å². The molecule has 0 saturated heterocycles. The quantitative estimate of drug-likeness (QED) is 0.682. The molecule has 2 aromatic carbocycles. The number of amides is 1. The third-order valence-electron chi connectivity index (χ3n) is 3.26. The lowest BCUT2D eigenvalue weighted by molar-refractivity contribution is -0.114. The fourth-order valence-corrected chi connectivity index (χ4v) is 2.61. The predicted octanol–water partition coefficient (Wildman–Crippen LogP) is 5.24. The molecule has 0 bridgehead atoms. The zero-order valence-corrected chi connectivity index (χ0v) is 13.7. The predicted molar refractivity (Wildman–Crippen MR) is 95.8 cm³/mol. The Labute approximate surface area is 143 Å². The van der Waals surface area contributed by atoms with Crippen molar-refractivity contribution in [2.45, 2.75) is 6.92 Å². The van der Waals surface area contributed by atoms with Crippen molar-refractivity contribution in [3.63, 3.8) is 0 Å². The normalized spacial score (nSPS) is 10.6. The van der Waals surface area contributed by atoms with Crippen LogP contribution >= 0.6 is 23.2 Å². The van der Waals surface area contributed by atoms with Crippen molar-refractivity contribution in [3.8, 4) is 0 Å². The molecular formula is C17H13Cl2N3O. The number of nitrogens with one attached hydrogen (secondary N) is 2. The van der Waals surface area contributed by atoms with Gasteiger partial charge in [0.25, 0.3) is 0 Å². The van der Waals surface area contributed by atoms with Crippen molar-refractivity contribution in [2.24, 2.45) is 0 Å². The van der Waals surface area contributed by atoms with E-state index in [0.717, 1.165) is 16.6 Å². The van der Waals surface area contributed by atoms with Gasteiger partial charge in [-0.05, 0) is 42.5 Å². The Kier molecular flexibility index (Phi) is 4.37. The topological polar surface area (TPSA) is 54.0 Å². The third kappa shape index (κ3) is 3.55. The van der Waals surface area contributed by atoms with Crippen molar-refractivity contribution in [1.29, 1.82) is 0 Å². The fourth-order valence-electron chi connectivity index (χ4n) is 2.27. The van der Waals surface area contributed by atoms with E-state index in [4.69, 9.17) is 23.2 Å². The Morgan fingerprint density at radius 1 is 1.04 bits per heavy atom. The molecule has 23 heavy (non-hydrogen) atoms. The number of carbonyl (C=O) groups excluding carboxylic acids is 1. The molecule has 2 N–H and O–H groups in total. The largest absolute Gasteiger partial charge is 0.354 e. The van der Waals surface area contributed by atoms with Crippen LogP contribution in [0, 0.1) is 0 Å². The highest BCUT2D eigenvalue weighted by Crippen LogP contribution is 2.32. The number of fused-ring (bicyclic) bond motifs is 1. The number of nitrogens with zero attached hydrogens (tertiary/aromatic N) is 1. The lowest BCUT2D eigenvalue weighted by Gasteiger charge is -2.13. The molecule has 0 aliphatic heterocycles. The van der Waals surface area contributed by atoms with E-state index in [2.05, 4.69) is 15.6 Å². The van der Waals surface area contributed by atoms with E-state index in [0.29, 0.717) is 21.4 Å².